The van der Waals surface area contributed by atoms with Crippen LogP contribution in [0.5, 0.6) is 0 Å². The first-order chi connectivity index (χ1) is 10.7. The molecule has 3 aromatic rings. The molecule has 3 heteroatoms. The summed E-state index contributed by atoms with van der Waals surface area (Å²) >= 11 is 1.73. The van der Waals surface area contributed by atoms with Gasteiger partial charge in [-0.3, -0.25) is 4.79 Å². The molecular formula is C19H13FOS. The number of carbonyl (C=O) groups is 1. The molecule has 1 aromatic heterocycles. The van der Waals surface area contributed by atoms with Gasteiger partial charge in [-0.2, -0.15) is 0 Å². The highest BCUT2D eigenvalue weighted by molar-refractivity contribution is 7.25. The molecule has 0 radical (unpaired) electrons. The summed E-state index contributed by atoms with van der Waals surface area (Å²) in [7, 11) is 0. The quantitative estimate of drug-likeness (QED) is 0.574. The molecule has 4 rings (SSSR count). The Balaban J connectivity index is 1.81. The highest BCUT2D eigenvalue weighted by atomic mass is 32.1. The fraction of sp³-hybridized carbons (Fsp3) is 0.105. The number of hydrogen-bond donors (Lipinski definition) is 0. The van der Waals surface area contributed by atoms with Crippen LogP contribution >= 0.6 is 11.3 Å². The predicted octanol–water partition coefficient (Wildman–Crippen LogP) is 5.46. The number of Topliss-reactive ketones (excluding diaryl/α,β-unsaturated/α-hetero) is 1. The Morgan fingerprint density at radius 3 is 2.73 bits per heavy atom. The first-order valence-electron chi connectivity index (χ1n) is 7.21. The predicted molar refractivity (Wildman–Crippen MR) is 90.4 cm³/mol. The lowest BCUT2D eigenvalue weighted by Crippen LogP contribution is -2.07. The van der Waals surface area contributed by atoms with Crippen LogP contribution in [0.15, 0.2) is 66.3 Å². The van der Waals surface area contributed by atoms with E-state index in [1.807, 2.05) is 30.3 Å². The van der Waals surface area contributed by atoms with E-state index in [4.69, 9.17) is 0 Å². The maximum Gasteiger partial charge on any atom is 0.192 e. The second-order valence-electron chi connectivity index (χ2n) is 5.41. The van der Waals surface area contributed by atoms with E-state index in [0.717, 1.165) is 5.39 Å². The second kappa shape index (κ2) is 5.18. The molecule has 1 unspecified atom stereocenters. The molecular weight excluding hydrogens is 295 g/mol. The fourth-order valence-corrected chi connectivity index (χ4v) is 3.88. The van der Waals surface area contributed by atoms with Crippen LogP contribution in [0.25, 0.3) is 20.2 Å². The topological polar surface area (TPSA) is 17.1 Å². The summed E-state index contributed by atoms with van der Waals surface area (Å²) in [5, 5.41) is 2.28. The molecule has 0 saturated carbocycles. The van der Waals surface area contributed by atoms with E-state index < -0.39 is 6.17 Å². The van der Waals surface area contributed by atoms with E-state index in [1.165, 1.54) is 20.9 Å². The van der Waals surface area contributed by atoms with Gasteiger partial charge < -0.3 is 0 Å². The van der Waals surface area contributed by atoms with Crippen LogP contribution in [-0.4, -0.2) is 12.0 Å². The highest BCUT2D eigenvalue weighted by Crippen LogP contribution is 2.34. The van der Waals surface area contributed by atoms with Gasteiger partial charge in [0.1, 0.15) is 6.17 Å². The number of fused-ring (bicyclic) bond motifs is 3. The maximum atomic E-state index is 13.1. The van der Waals surface area contributed by atoms with Crippen LogP contribution in [0.3, 0.4) is 0 Å². The van der Waals surface area contributed by atoms with E-state index in [1.54, 1.807) is 23.5 Å². The van der Waals surface area contributed by atoms with Gasteiger partial charge in [0.2, 0.25) is 0 Å². The third-order valence-electron chi connectivity index (χ3n) is 3.95. The van der Waals surface area contributed by atoms with Crippen molar-refractivity contribution in [2.45, 2.75) is 12.6 Å². The van der Waals surface area contributed by atoms with Gasteiger partial charge in [0.25, 0.3) is 0 Å². The fourth-order valence-electron chi connectivity index (χ4n) is 2.80. The zero-order valence-corrected chi connectivity index (χ0v) is 12.6. The molecule has 1 aliphatic rings. The minimum Gasteiger partial charge on any atom is -0.289 e. The number of alkyl halides is 1. The highest BCUT2D eigenvalue weighted by Gasteiger charge is 2.16. The summed E-state index contributed by atoms with van der Waals surface area (Å²) < 4.78 is 15.5. The van der Waals surface area contributed by atoms with Gasteiger partial charge in [-0.25, -0.2) is 4.39 Å². The lowest BCUT2D eigenvalue weighted by Gasteiger charge is -2.09. The third-order valence-corrected chi connectivity index (χ3v) is 5.10. The van der Waals surface area contributed by atoms with Gasteiger partial charge in [0.15, 0.2) is 5.78 Å². The Morgan fingerprint density at radius 2 is 1.91 bits per heavy atom. The van der Waals surface area contributed by atoms with Crippen molar-refractivity contribution in [2.24, 2.45) is 0 Å². The lowest BCUT2D eigenvalue weighted by atomic mass is 9.96. The third kappa shape index (κ3) is 2.18. The van der Waals surface area contributed by atoms with E-state index >= 15 is 0 Å². The molecule has 1 atom stereocenters. The standard InChI is InChI=1S/C19H13FOS/c20-14-8-5-12(6-9-14)19(21)13-7-10-18-16(11-13)15-3-1-2-4-17(15)22-18/h1-8,10-11,14H,9H2. The molecule has 0 fully saturated rings. The smallest absolute Gasteiger partial charge is 0.192 e. The van der Waals surface area contributed by atoms with Gasteiger partial charge in [-0.05, 0) is 30.3 Å². The zero-order chi connectivity index (χ0) is 15.1. The van der Waals surface area contributed by atoms with Crippen LogP contribution in [0.1, 0.15) is 16.8 Å². The summed E-state index contributed by atoms with van der Waals surface area (Å²) in [5.41, 5.74) is 1.23. The first-order valence-corrected chi connectivity index (χ1v) is 8.02. The van der Waals surface area contributed by atoms with Gasteiger partial charge in [0.05, 0.1) is 0 Å². The summed E-state index contributed by atoms with van der Waals surface area (Å²) in [6, 6.07) is 14.0. The van der Waals surface area contributed by atoms with Crippen molar-refractivity contribution in [3.8, 4) is 0 Å². The number of rotatable bonds is 2. The molecule has 0 bridgehead atoms. The minimum atomic E-state index is -0.972. The van der Waals surface area contributed by atoms with Crippen LogP contribution in [0, 0.1) is 0 Å². The molecule has 108 valence electrons. The molecule has 1 heterocycles. The molecule has 1 nitrogen and oxygen atoms in total. The van der Waals surface area contributed by atoms with E-state index in [0.29, 0.717) is 11.1 Å². The zero-order valence-electron chi connectivity index (χ0n) is 11.8. The summed E-state index contributed by atoms with van der Waals surface area (Å²) in [6.07, 6.45) is 4.03. The molecule has 0 saturated heterocycles. The van der Waals surface area contributed by atoms with Crippen molar-refractivity contribution < 1.29 is 9.18 Å². The number of thiophene rings is 1. The largest absolute Gasteiger partial charge is 0.289 e. The van der Waals surface area contributed by atoms with Crippen LogP contribution < -0.4 is 0 Å². The van der Waals surface area contributed by atoms with Crippen LogP contribution in [-0.2, 0) is 0 Å². The maximum absolute atomic E-state index is 13.1. The van der Waals surface area contributed by atoms with E-state index in [2.05, 4.69) is 12.1 Å². The summed E-state index contributed by atoms with van der Waals surface area (Å²) in [6.45, 7) is 0. The van der Waals surface area contributed by atoms with E-state index in [9.17, 15) is 9.18 Å². The van der Waals surface area contributed by atoms with Gasteiger partial charge >= 0.3 is 0 Å². The van der Waals surface area contributed by atoms with Gasteiger partial charge in [0, 0.05) is 37.7 Å². The number of benzene rings is 2. The summed E-state index contributed by atoms with van der Waals surface area (Å²) in [5.74, 6) is -0.0414. The van der Waals surface area contributed by atoms with Gasteiger partial charge in [-0.1, -0.05) is 30.4 Å². The van der Waals surface area contributed by atoms with Crippen molar-refractivity contribution in [3.63, 3.8) is 0 Å². The number of allylic oxidation sites excluding steroid dienone is 4. The SMILES string of the molecule is O=C(C1=CCC(F)C=C1)c1ccc2sc3ccccc3c2c1. The van der Waals surface area contributed by atoms with Crippen molar-refractivity contribution in [2.75, 3.05) is 0 Å². The molecule has 0 N–H and O–H groups in total. The average Bonchev–Trinajstić information content (AvgIpc) is 2.92. The molecule has 0 spiro atoms. The monoisotopic (exact) mass is 308 g/mol. The van der Waals surface area contributed by atoms with Gasteiger partial charge in [-0.15, -0.1) is 11.3 Å². The Kier molecular flexibility index (Phi) is 3.16. The van der Waals surface area contributed by atoms with E-state index in [-0.39, 0.29) is 12.2 Å². The molecule has 22 heavy (non-hydrogen) atoms. The summed E-state index contributed by atoms with van der Waals surface area (Å²) in [4.78, 5) is 12.6. The number of hydrogen-bond acceptors (Lipinski definition) is 2. The Hall–Kier alpha value is -2.26. The Morgan fingerprint density at radius 1 is 1.09 bits per heavy atom. The molecule has 1 aliphatic carbocycles. The molecule has 0 amide bonds. The number of ketones is 1. The Bertz CT molecular complexity index is 948. The van der Waals surface area contributed by atoms with Crippen molar-refractivity contribution in [1.82, 2.24) is 0 Å². The average molecular weight is 308 g/mol. The minimum absolute atomic E-state index is 0.0414. The first kappa shape index (κ1) is 13.4. The second-order valence-corrected chi connectivity index (χ2v) is 6.49. The van der Waals surface area contributed by atoms with Crippen LogP contribution in [0.4, 0.5) is 4.39 Å². The normalized spacial score (nSPS) is 17.9. The number of halogens is 1. The number of carbonyl (C=O) groups excluding carboxylic acids is 1. The van der Waals surface area contributed by atoms with Crippen LogP contribution in [0.2, 0.25) is 0 Å². The Labute approximate surface area is 131 Å². The lowest BCUT2D eigenvalue weighted by molar-refractivity contribution is 0.103. The van der Waals surface area contributed by atoms with Crippen molar-refractivity contribution >= 4 is 37.3 Å². The van der Waals surface area contributed by atoms with Crippen molar-refractivity contribution in [3.05, 3.63) is 71.8 Å². The van der Waals surface area contributed by atoms with Crippen molar-refractivity contribution in [1.29, 1.82) is 0 Å². The molecule has 0 aliphatic heterocycles. The molecule has 2 aromatic carbocycles.